The van der Waals surface area contributed by atoms with E-state index in [0.29, 0.717) is 17.0 Å². The summed E-state index contributed by atoms with van der Waals surface area (Å²) in [4.78, 5) is 24.1. The second-order valence-corrected chi connectivity index (χ2v) is 8.87. The molecule has 0 aliphatic carbocycles. The Hall–Kier alpha value is -4.38. The number of nitro groups is 1. The molecular weight excluding hydrogens is 492 g/mol. The molecule has 0 atom stereocenters. The highest BCUT2D eigenvalue weighted by Crippen LogP contribution is 2.22. The van der Waals surface area contributed by atoms with Gasteiger partial charge in [0.2, 0.25) is 0 Å². The van der Waals surface area contributed by atoms with Gasteiger partial charge in [0.1, 0.15) is 16.8 Å². The van der Waals surface area contributed by atoms with Crippen LogP contribution in [0, 0.1) is 17.0 Å². The second-order valence-electron chi connectivity index (χ2n) is 8.46. The Balaban J connectivity index is 1.36. The summed E-state index contributed by atoms with van der Waals surface area (Å²) in [5, 5.41) is 25.6. The molecule has 0 saturated carbocycles. The van der Waals surface area contributed by atoms with Gasteiger partial charge in [0.15, 0.2) is 11.7 Å². The number of hydrogen-bond acceptors (Lipinski definition) is 7. The molecule has 0 aliphatic heterocycles. The van der Waals surface area contributed by atoms with Crippen molar-refractivity contribution in [2.75, 3.05) is 11.9 Å². The van der Waals surface area contributed by atoms with Crippen LogP contribution in [0.5, 0.6) is 5.75 Å². The molecule has 190 valence electrons. The van der Waals surface area contributed by atoms with E-state index in [4.69, 9.17) is 17.0 Å². The zero-order chi connectivity index (χ0) is 26.4. The topological polar surface area (TPSA) is 124 Å². The van der Waals surface area contributed by atoms with Gasteiger partial charge in [0.05, 0.1) is 10.6 Å². The molecule has 1 aromatic heterocycles. The number of amides is 1. The fraction of sp³-hybridized carbons (Fsp3) is 0.231. The number of aryl methyl sites for hydroxylation is 2. The average Bonchev–Trinajstić information content (AvgIpc) is 3.29. The number of unbranched alkanes of at least 4 members (excludes halogenated alkanes) is 1. The minimum Gasteiger partial charge on any atom is -0.484 e. The van der Waals surface area contributed by atoms with Crippen molar-refractivity contribution in [2.24, 2.45) is 0 Å². The van der Waals surface area contributed by atoms with Crippen LogP contribution in [0.2, 0.25) is 0 Å². The van der Waals surface area contributed by atoms with E-state index in [1.807, 2.05) is 31.2 Å². The molecule has 0 saturated heterocycles. The number of nitrogens with one attached hydrogen (secondary N) is 2. The van der Waals surface area contributed by atoms with Crippen LogP contribution in [0.4, 0.5) is 11.4 Å². The molecule has 37 heavy (non-hydrogen) atoms. The van der Waals surface area contributed by atoms with Gasteiger partial charge in [-0.2, -0.15) is 4.80 Å². The van der Waals surface area contributed by atoms with Crippen molar-refractivity contribution in [3.8, 4) is 11.4 Å². The van der Waals surface area contributed by atoms with E-state index in [-0.39, 0.29) is 17.4 Å². The maximum atomic E-state index is 12.2. The van der Waals surface area contributed by atoms with E-state index in [9.17, 15) is 14.9 Å². The van der Waals surface area contributed by atoms with E-state index in [2.05, 4.69) is 39.9 Å². The fourth-order valence-corrected chi connectivity index (χ4v) is 3.85. The minimum absolute atomic E-state index is 0.0603. The summed E-state index contributed by atoms with van der Waals surface area (Å²) in [6.45, 7) is 3.78. The smallest absolute Gasteiger partial charge is 0.269 e. The minimum atomic E-state index is -0.508. The zero-order valence-electron chi connectivity index (χ0n) is 20.4. The van der Waals surface area contributed by atoms with Gasteiger partial charge in [0, 0.05) is 17.8 Å². The van der Waals surface area contributed by atoms with Crippen molar-refractivity contribution in [1.29, 1.82) is 0 Å². The number of thiocarbonyl (C=S) groups is 1. The highest BCUT2D eigenvalue weighted by molar-refractivity contribution is 7.80. The largest absolute Gasteiger partial charge is 0.484 e. The first kappa shape index (κ1) is 25.7. The number of carbonyl (C=O) groups excluding carboxylic acids is 1. The van der Waals surface area contributed by atoms with Crippen molar-refractivity contribution in [3.63, 3.8) is 0 Å². The first-order valence-electron chi connectivity index (χ1n) is 11.8. The van der Waals surface area contributed by atoms with Gasteiger partial charge in [-0.3, -0.25) is 20.2 Å². The number of non-ortho nitro benzene ring substituents is 1. The number of nitrogens with zero attached hydrogens (tertiary/aromatic N) is 4. The first-order valence-corrected chi connectivity index (χ1v) is 12.2. The molecule has 0 spiro atoms. The Labute approximate surface area is 218 Å². The van der Waals surface area contributed by atoms with Gasteiger partial charge in [-0.1, -0.05) is 25.5 Å². The van der Waals surface area contributed by atoms with Gasteiger partial charge in [0.25, 0.3) is 11.6 Å². The number of carbonyl (C=O) groups is 1. The lowest BCUT2D eigenvalue weighted by Gasteiger charge is -2.12. The quantitative estimate of drug-likeness (QED) is 0.183. The van der Waals surface area contributed by atoms with Gasteiger partial charge < -0.3 is 10.1 Å². The molecule has 0 aliphatic rings. The second kappa shape index (κ2) is 11.6. The van der Waals surface area contributed by atoms with Crippen LogP contribution in [0.15, 0.2) is 60.7 Å². The molecule has 2 N–H and O–H groups in total. The summed E-state index contributed by atoms with van der Waals surface area (Å²) < 4.78 is 5.36. The van der Waals surface area contributed by atoms with E-state index >= 15 is 0 Å². The molecule has 4 aromatic rings. The Bertz CT molecular complexity index is 1430. The molecule has 1 amide bonds. The molecule has 10 nitrogen and oxygen atoms in total. The van der Waals surface area contributed by atoms with Crippen LogP contribution in [0.1, 0.15) is 30.9 Å². The summed E-state index contributed by atoms with van der Waals surface area (Å²) in [6.07, 6.45) is 3.37. The predicted molar refractivity (Wildman–Crippen MR) is 145 cm³/mol. The normalized spacial score (nSPS) is 10.8. The maximum Gasteiger partial charge on any atom is 0.269 e. The molecule has 3 aromatic carbocycles. The number of hydrogen-bond donors (Lipinski definition) is 2. The first-order chi connectivity index (χ1) is 17.8. The maximum absolute atomic E-state index is 12.2. The lowest BCUT2D eigenvalue weighted by atomic mass is 10.1. The summed E-state index contributed by atoms with van der Waals surface area (Å²) in [6, 6.07) is 17.4. The summed E-state index contributed by atoms with van der Waals surface area (Å²) in [5.74, 6) is -0.137. The van der Waals surface area contributed by atoms with Crippen LogP contribution in [-0.2, 0) is 11.2 Å². The monoisotopic (exact) mass is 518 g/mol. The zero-order valence-corrected chi connectivity index (χ0v) is 21.2. The summed E-state index contributed by atoms with van der Waals surface area (Å²) >= 11 is 5.28. The van der Waals surface area contributed by atoms with E-state index < -0.39 is 10.8 Å². The van der Waals surface area contributed by atoms with Gasteiger partial charge in [-0.15, -0.1) is 10.2 Å². The molecule has 0 radical (unpaired) electrons. The standard InChI is InChI=1S/C26H26N6O4S/c1-3-4-5-18-6-8-19(9-7-18)31-29-23-14-17(2)22(15-24(23)30-31)27-26(37)28-25(33)16-36-21-12-10-20(11-13-21)32(34)35/h6-15H,3-5,16H2,1-2H3,(H2,27,28,33,37). The summed E-state index contributed by atoms with van der Waals surface area (Å²) in [7, 11) is 0. The highest BCUT2D eigenvalue weighted by atomic mass is 32.1. The van der Waals surface area contributed by atoms with Crippen LogP contribution >= 0.6 is 12.2 Å². The van der Waals surface area contributed by atoms with Crippen LogP contribution < -0.4 is 15.4 Å². The summed E-state index contributed by atoms with van der Waals surface area (Å²) in [5.41, 5.74) is 5.10. The SMILES string of the molecule is CCCCc1ccc(-n2nc3cc(C)c(NC(=S)NC(=O)COc4ccc([N+](=O)[O-])cc4)cc3n2)cc1. The van der Waals surface area contributed by atoms with Crippen molar-refractivity contribution in [1.82, 2.24) is 20.3 Å². The van der Waals surface area contributed by atoms with E-state index in [0.717, 1.165) is 36.0 Å². The molecular formula is C26H26N6O4S. The highest BCUT2D eigenvalue weighted by Gasteiger charge is 2.12. The number of nitro benzene ring substituents is 1. The molecule has 11 heteroatoms. The fourth-order valence-electron chi connectivity index (χ4n) is 3.62. The van der Waals surface area contributed by atoms with Crippen molar-refractivity contribution >= 4 is 45.6 Å². The molecule has 4 rings (SSSR count). The predicted octanol–water partition coefficient (Wildman–Crippen LogP) is 4.87. The number of ether oxygens (including phenoxy) is 1. The van der Waals surface area contributed by atoms with Gasteiger partial charge in [-0.25, -0.2) is 0 Å². The number of aromatic nitrogens is 3. The Morgan fingerprint density at radius 2 is 1.76 bits per heavy atom. The molecule has 0 unspecified atom stereocenters. The van der Waals surface area contributed by atoms with Crippen molar-refractivity contribution in [2.45, 2.75) is 33.1 Å². The van der Waals surface area contributed by atoms with E-state index in [1.54, 1.807) is 4.80 Å². The average molecular weight is 519 g/mol. The Kier molecular flexibility index (Phi) is 8.04. The lowest BCUT2D eigenvalue weighted by molar-refractivity contribution is -0.384. The van der Waals surface area contributed by atoms with Gasteiger partial charge in [-0.05, 0) is 79.5 Å². The van der Waals surface area contributed by atoms with Crippen molar-refractivity contribution in [3.05, 3.63) is 81.9 Å². The van der Waals surface area contributed by atoms with Gasteiger partial charge >= 0.3 is 0 Å². The number of fused-ring (bicyclic) bond motifs is 1. The van der Waals surface area contributed by atoms with Crippen LogP contribution in [-0.4, -0.2) is 37.5 Å². The van der Waals surface area contributed by atoms with Crippen molar-refractivity contribution < 1.29 is 14.5 Å². The van der Waals surface area contributed by atoms with E-state index in [1.165, 1.54) is 29.8 Å². The van der Waals surface area contributed by atoms with Crippen LogP contribution in [0.25, 0.3) is 16.7 Å². The lowest BCUT2D eigenvalue weighted by Crippen LogP contribution is -2.37. The Morgan fingerprint density at radius 3 is 2.41 bits per heavy atom. The molecule has 1 heterocycles. The Morgan fingerprint density at radius 1 is 1.08 bits per heavy atom. The number of benzene rings is 3. The molecule has 0 fully saturated rings. The third kappa shape index (κ3) is 6.64. The molecule has 0 bridgehead atoms. The third-order valence-electron chi connectivity index (χ3n) is 5.63. The number of rotatable bonds is 9. The van der Waals surface area contributed by atoms with Crippen LogP contribution in [0.3, 0.4) is 0 Å². The number of anilines is 1. The third-order valence-corrected chi connectivity index (χ3v) is 5.84.